The minimum Gasteiger partial charge on any atom is -0.388 e. The molecule has 0 aromatic rings. The third kappa shape index (κ3) is 2.25. The van der Waals surface area contributed by atoms with Crippen molar-refractivity contribution in [3.63, 3.8) is 0 Å². The van der Waals surface area contributed by atoms with Crippen molar-refractivity contribution in [2.24, 2.45) is 34.5 Å². The first-order valence-electron chi connectivity index (χ1n) is 10.7. The van der Waals surface area contributed by atoms with Crippen LogP contribution in [0.15, 0.2) is 11.6 Å². The number of rotatable bonds is 2. The lowest BCUT2D eigenvalue weighted by atomic mass is 9.43. The summed E-state index contributed by atoms with van der Waals surface area (Å²) in [6.07, 6.45) is 2.70. The van der Waals surface area contributed by atoms with Crippen LogP contribution < -0.4 is 0 Å². The smallest absolute Gasteiger partial charge is 0.221 e. The zero-order valence-corrected chi connectivity index (χ0v) is 17.6. The van der Waals surface area contributed by atoms with E-state index in [0.29, 0.717) is 19.3 Å². The predicted molar refractivity (Wildman–Crippen MR) is 104 cm³/mol. The van der Waals surface area contributed by atoms with Gasteiger partial charge in [0.15, 0.2) is 5.78 Å². The van der Waals surface area contributed by atoms with E-state index in [4.69, 9.17) is 0 Å². The largest absolute Gasteiger partial charge is 0.388 e. The van der Waals surface area contributed by atoms with Crippen LogP contribution in [0.1, 0.15) is 59.8 Å². The zero-order chi connectivity index (χ0) is 21.6. The van der Waals surface area contributed by atoms with Crippen molar-refractivity contribution in [3.8, 4) is 0 Å². The van der Waals surface area contributed by atoms with Crippen LogP contribution in [0.25, 0.3) is 0 Å². The summed E-state index contributed by atoms with van der Waals surface area (Å²) >= 11 is 0. The molecule has 4 rings (SSSR count). The summed E-state index contributed by atoms with van der Waals surface area (Å²) in [6.45, 7) is 6.69. The number of carbonyl (C=O) groups is 3. The number of aliphatic hydroxyl groups excluding tert-OH is 1. The van der Waals surface area contributed by atoms with Crippen LogP contribution >= 0.6 is 0 Å². The van der Waals surface area contributed by atoms with Gasteiger partial charge in [0.2, 0.25) is 11.6 Å². The number of aliphatic hydroxyl groups is 2. The van der Waals surface area contributed by atoms with Gasteiger partial charge in [0.1, 0.15) is 17.9 Å². The van der Waals surface area contributed by atoms with E-state index < -0.39 is 52.0 Å². The number of Topliss-reactive ketones (excluding diaryl/α,β-unsaturated/α-hetero) is 2. The average Bonchev–Trinajstić information content (AvgIpc) is 2.87. The molecule has 0 saturated heterocycles. The van der Waals surface area contributed by atoms with Gasteiger partial charge >= 0.3 is 0 Å². The Morgan fingerprint density at radius 3 is 2.45 bits per heavy atom. The molecule has 6 heteroatoms. The summed E-state index contributed by atoms with van der Waals surface area (Å²) in [4.78, 5) is 36.9. The quantitative estimate of drug-likeness (QED) is 0.688. The second-order valence-electron chi connectivity index (χ2n) is 10.5. The van der Waals surface area contributed by atoms with Crippen LogP contribution in [-0.2, 0) is 14.4 Å². The Hall–Kier alpha value is -1.40. The Morgan fingerprint density at radius 2 is 1.83 bits per heavy atom. The number of fused-ring (bicyclic) bond motifs is 5. The number of alkyl halides is 1. The fourth-order valence-electron chi connectivity index (χ4n) is 7.81. The van der Waals surface area contributed by atoms with Gasteiger partial charge in [0, 0.05) is 17.3 Å². The number of ketones is 3. The van der Waals surface area contributed by atoms with E-state index in [0.717, 1.165) is 5.57 Å². The van der Waals surface area contributed by atoms with Crippen molar-refractivity contribution >= 4 is 17.3 Å². The summed E-state index contributed by atoms with van der Waals surface area (Å²) in [7, 11) is 0. The molecular weight excluding hydrogens is 375 g/mol. The van der Waals surface area contributed by atoms with Crippen LogP contribution in [0.4, 0.5) is 4.39 Å². The molecule has 4 aliphatic rings. The zero-order valence-electron chi connectivity index (χ0n) is 17.6. The van der Waals surface area contributed by atoms with E-state index in [1.807, 2.05) is 13.8 Å². The molecule has 0 spiro atoms. The number of halogens is 1. The molecule has 0 aromatic carbocycles. The van der Waals surface area contributed by atoms with Gasteiger partial charge in [-0.3, -0.25) is 14.4 Å². The van der Waals surface area contributed by atoms with E-state index in [1.54, 1.807) is 13.8 Å². The van der Waals surface area contributed by atoms with Crippen LogP contribution in [0.2, 0.25) is 0 Å². The first-order valence-corrected chi connectivity index (χ1v) is 10.7. The van der Waals surface area contributed by atoms with Gasteiger partial charge in [-0.1, -0.05) is 33.3 Å². The molecule has 0 aliphatic heterocycles. The van der Waals surface area contributed by atoms with Gasteiger partial charge in [-0.05, 0) is 55.4 Å². The van der Waals surface area contributed by atoms with Gasteiger partial charge in [0.25, 0.3) is 0 Å². The topological polar surface area (TPSA) is 91.7 Å². The molecule has 5 nitrogen and oxygen atoms in total. The average molecular weight is 406 g/mol. The molecule has 8 atom stereocenters. The Morgan fingerprint density at radius 1 is 1.17 bits per heavy atom. The molecule has 4 aliphatic carbocycles. The minimum atomic E-state index is -1.67. The molecule has 0 heterocycles. The molecule has 3 fully saturated rings. The summed E-state index contributed by atoms with van der Waals surface area (Å²) in [5.41, 5.74) is -4.46. The van der Waals surface area contributed by atoms with Crippen LogP contribution in [0, 0.1) is 34.5 Å². The third-order valence-electron chi connectivity index (χ3n) is 9.43. The summed E-state index contributed by atoms with van der Waals surface area (Å²) in [5, 5.41) is 21.0. The van der Waals surface area contributed by atoms with E-state index in [9.17, 15) is 24.6 Å². The fraction of sp³-hybridized carbons (Fsp3) is 0.783. The molecule has 160 valence electrons. The third-order valence-corrected chi connectivity index (χ3v) is 9.43. The predicted octanol–water partition coefficient (Wildman–Crippen LogP) is 2.57. The lowest BCUT2D eigenvalue weighted by molar-refractivity contribution is -0.191. The van der Waals surface area contributed by atoms with Crippen molar-refractivity contribution in [2.75, 3.05) is 6.61 Å². The summed E-state index contributed by atoms with van der Waals surface area (Å²) < 4.78 is 17.0. The molecule has 29 heavy (non-hydrogen) atoms. The minimum absolute atomic E-state index is 0.0502. The molecule has 2 unspecified atom stereocenters. The number of allylic oxidation sites excluding steroid dienone is 1. The fourth-order valence-corrected chi connectivity index (χ4v) is 7.81. The summed E-state index contributed by atoms with van der Waals surface area (Å²) in [6, 6.07) is 0. The Bertz CT molecular complexity index is 835. The Balaban J connectivity index is 1.82. The van der Waals surface area contributed by atoms with Gasteiger partial charge in [-0.15, -0.1) is 0 Å². The van der Waals surface area contributed by atoms with E-state index in [1.165, 1.54) is 6.08 Å². The second-order valence-corrected chi connectivity index (χ2v) is 10.5. The Kier molecular flexibility index (Phi) is 4.36. The normalized spacial score (nSPS) is 51.8. The molecule has 0 aromatic heterocycles. The molecule has 3 saturated carbocycles. The van der Waals surface area contributed by atoms with Gasteiger partial charge in [-0.2, -0.15) is 0 Å². The maximum atomic E-state index is 17.0. The number of hydrogen-bond donors (Lipinski definition) is 2. The van der Waals surface area contributed by atoms with Crippen molar-refractivity contribution in [1.29, 1.82) is 0 Å². The van der Waals surface area contributed by atoms with Crippen molar-refractivity contribution in [2.45, 2.75) is 71.1 Å². The maximum absolute atomic E-state index is 17.0. The van der Waals surface area contributed by atoms with Gasteiger partial charge < -0.3 is 10.2 Å². The molecule has 0 bridgehead atoms. The van der Waals surface area contributed by atoms with E-state index in [2.05, 4.69) is 0 Å². The lowest BCUT2D eigenvalue weighted by Gasteiger charge is -2.62. The molecular formula is C23H31FO5. The van der Waals surface area contributed by atoms with Crippen molar-refractivity contribution < 1.29 is 29.0 Å². The SMILES string of the molecule is CC1C[C@H]2[C@@H]3CC(C)[C@](O)(C(=O)CO)[C@@]3(C)CC[C@]2(F)[C@@]2(C)CC(=O)C(=O)C=C12. The van der Waals surface area contributed by atoms with Crippen LogP contribution in [0.5, 0.6) is 0 Å². The highest BCUT2D eigenvalue weighted by Gasteiger charge is 2.73. The standard InChI is InChI=1S/C23H31FO5/c1-12-7-16-15-8-13(2)23(29,19(28)11-25)20(15,3)5-6-22(16,24)21(4)10-18(27)17(26)9-14(12)21/h9,12-13,15-16,25,29H,5-8,10-11H2,1-4H3/t12?,13?,15-,16-,20-,21-,22+,23-/m0/s1. The lowest BCUT2D eigenvalue weighted by Crippen LogP contribution is -2.66. The monoisotopic (exact) mass is 406 g/mol. The number of hydrogen-bond acceptors (Lipinski definition) is 5. The van der Waals surface area contributed by atoms with Crippen molar-refractivity contribution in [3.05, 3.63) is 11.6 Å². The first kappa shape index (κ1) is 20.9. The van der Waals surface area contributed by atoms with Gasteiger partial charge in [-0.25, -0.2) is 4.39 Å². The van der Waals surface area contributed by atoms with Crippen LogP contribution in [0.3, 0.4) is 0 Å². The highest BCUT2D eigenvalue weighted by Crippen LogP contribution is 2.71. The van der Waals surface area contributed by atoms with E-state index in [-0.39, 0.29) is 30.6 Å². The van der Waals surface area contributed by atoms with E-state index >= 15 is 4.39 Å². The molecule has 0 amide bonds. The Labute approximate surface area is 170 Å². The maximum Gasteiger partial charge on any atom is 0.221 e. The molecule has 2 N–H and O–H groups in total. The van der Waals surface area contributed by atoms with Crippen LogP contribution in [-0.4, -0.2) is 45.4 Å². The highest BCUT2D eigenvalue weighted by atomic mass is 19.1. The number of carbonyl (C=O) groups excluding carboxylic acids is 3. The van der Waals surface area contributed by atoms with Crippen molar-refractivity contribution in [1.82, 2.24) is 0 Å². The molecule has 0 radical (unpaired) electrons. The first-order chi connectivity index (χ1) is 13.4. The summed E-state index contributed by atoms with van der Waals surface area (Å²) in [5.74, 6) is -2.74. The second kappa shape index (κ2) is 6.07. The van der Waals surface area contributed by atoms with Gasteiger partial charge in [0.05, 0.1) is 0 Å². The highest BCUT2D eigenvalue weighted by molar-refractivity contribution is 6.42.